The molecule has 1 saturated heterocycles. The van der Waals surface area contributed by atoms with E-state index in [2.05, 4.69) is 5.32 Å². The minimum absolute atomic E-state index is 0.121. The van der Waals surface area contributed by atoms with Gasteiger partial charge in [0.05, 0.1) is 5.75 Å². The van der Waals surface area contributed by atoms with E-state index in [1.165, 1.54) is 0 Å². The van der Waals surface area contributed by atoms with Gasteiger partial charge in [0.1, 0.15) is 0 Å². The number of hydrogen-bond acceptors (Lipinski definition) is 4. The first kappa shape index (κ1) is 11.8. The monoisotopic (exact) mass is 218 g/mol. The molecule has 1 fully saturated rings. The summed E-state index contributed by atoms with van der Waals surface area (Å²) in [5.41, 5.74) is 5.33. The zero-order chi connectivity index (χ0) is 10.2. The van der Waals surface area contributed by atoms with Crippen molar-refractivity contribution in [2.45, 2.75) is 18.9 Å². The zero-order valence-corrected chi connectivity index (χ0v) is 9.15. The molecule has 5 heteroatoms. The van der Waals surface area contributed by atoms with Crippen LogP contribution in [0.3, 0.4) is 0 Å². The van der Waals surface area contributed by atoms with Crippen molar-refractivity contribution in [2.75, 3.05) is 31.3 Å². The van der Waals surface area contributed by atoms with E-state index in [-0.39, 0.29) is 5.91 Å². The van der Waals surface area contributed by atoms with E-state index in [1.807, 2.05) is 0 Å². The molecule has 1 aliphatic heterocycles. The molecule has 0 aromatic carbocycles. The number of carbonyl (C=O) groups excluding carboxylic acids is 1. The third-order valence-corrected chi connectivity index (χ3v) is 3.07. The van der Waals surface area contributed by atoms with Crippen molar-refractivity contribution in [3.8, 4) is 0 Å². The molecule has 0 radical (unpaired) electrons. The van der Waals surface area contributed by atoms with Crippen LogP contribution in [0.2, 0.25) is 0 Å². The van der Waals surface area contributed by atoms with Crippen LogP contribution in [0.4, 0.5) is 0 Å². The summed E-state index contributed by atoms with van der Waals surface area (Å²) in [6.07, 6.45) is 1.88. The molecule has 3 N–H and O–H groups in total. The van der Waals surface area contributed by atoms with Crippen LogP contribution in [0.25, 0.3) is 0 Å². The normalized spacial score (nSPS) is 18.1. The Hall–Kier alpha value is -0.260. The Morgan fingerprint density at radius 3 is 2.86 bits per heavy atom. The summed E-state index contributed by atoms with van der Waals surface area (Å²) in [6, 6.07) is 0.315. The second-order valence-electron chi connectivity index (χ2n) is 3.30. The van der Waals surface area contributed by atoms with Gasteiger partial charge in [0, 0.05) is 31.6 Å². The van der Waals surface area contributed by atoms with Gasteiger partial charge in [0.25, 0.3) is 0 Å². The highest BCUT2D eigenvalue weighted by molar-refractivity contribution is 7.99. The summed E-state index contributed by atoms with van der Waals surface area (Å²) in [4.78, 5) is 11.4. The number of carbonyl (C=O) groups is 1. The summed E-state index contributed by atoms with van der Waals surface area (Å²) < 4.78 is 5.21. The molecule has 0 spiro atoms. The van der Waals surface area contributed by atoms with Crippen LogP contribution in [0.15, 0.2) is 0 Å². The van der Waals surface area contributed by atoms with Gasteiger partial charge in [-0.2, -0.15) is 11.8 Å². The Kier molecular flexibility index (Phi) is 5.98. The molecule has 0 aromatic rings. The van der Waals surface area contributed by atoms with Crippen molar-refractivity contribution in [1.29, 1.82) is 0 Å². The standard InChI is InChI=1S/C9H18N2O2S/c10-3-6-14-7-9(12)11-8-1-4-13-5-2-8/h8H,1-7,10H2,(H,11,12). The predicted octanol–water partition coefficient (Wildman–Crippen LogP) is -0.0265. The Balaban J connectivity index is 2.06. The average Bonchev–Trinajstić information content (AvgIpc) is 2.20. The fraction of sp³-hybridized carbons (Fsp3) is 0.889. The van der Waals surface area contributed by atoms with Crippen LogP contribution in [0.5, 0.6) is 0 Å². The number of nitrogens with one attached hydrogen (secondary N) is 1. The van der Waals surface area contributed by atoms with E-state index in [9.17, 15) is 4.79 Å². The fourth-order valence-corrected chi connectivity index (χ4v) is 1.94. The van der Waals surface area contributed by atoms with Gasteiger partial charge in [-0.25, -0.2) is 0 Å². The predicted molar refractivity (Wildman–Crippen MR) is 58.4 cm³/mol. The van der Waals surface area contributed by atoms with Crippen LogP contribution in [0, 0.1) is 0 Å². The largest absolute Gasteiger partial charge is 0.381 e. The van der Waals surface area contributed by atoms with Crippen molar-refractivity contribution in [3.05, 3.63) is 0 Å². The highest BCUT2D eigenvalue weighted by Crippen LogP contribution is 2.06. The second-order valence-corrected chi connectivity index (χ2v) is 4.40. The lowest BCUT2D eigenvalue weighted by Gasteiger charge is -2.22. The molecule has 0 bridgehead atoms. The lowest BCUT2D eigenvalue weighted by Crippen LogP contribution is -2.39. The van der Waals surface area contributed by atoms with Crippen molar-refractivity contribution in [1.82, 2.24) is 5.32 Å². The molecule has 0 aromatic heterocycles. The first-order valence-corrected chi connectivity index (χ1v) is 6.13. The first-order chi connectivity index (χ1) is 6.83. The number of rotatable bonds is 5. The lowest BCUT2D eigenvalue weighted by molar-refractivity contribution is -0.119. The number of thioether (sulfide) groups is 1. The van der Waals surface area contributed by atoms with Crippen LogP contribution in [0.1, 0.15) is 12.8 Å². The maximum absolute atomic E-state index is 11.4. The Labute approximate surface area is 88.9 Å². The number of amides is 1. The van der Waals surface area contributed by atoms with Crippen molar-refractivity contribution < 1.29 is 9.53 Å². The quantitative estimate of drug-likeness (QED) is 0.636. The summed E-state index contributed by atoms with van der Waals surface area (Å²) in [6.45, 7) is 2.16. The van der Waals surface area contributed by atoms with E-state index in [1.54, 1.807) is 11.8 Å². The molecule has 0 unspecified atom stereocenters. The SMILES string of the molecule is NCCSCC(=O)NC1CCOCC1. The van der Waals surface area contributed by atoms with Crippen LogP contribution >= 0.6 is 11.8 Å². The van der Waals surface area contributed by atoms with E-state index in [0.29, 0.717) is 18.3 Å². The van der Waals surface area contributed by atoms with Gasteiger partial charge in [0.2, 0.25) is 5.91 Å². The Bertz CT molecular complexity index is 172. The minimum atomic E-state index is 0.121. The number of ether oxygens (including phenoxy) is 1. The molecule has 1 heterocycles. The van der Waals surface area contributed by atoms with E-state index < -0.39 is 0 Å². The molecule has 1 amide bonds. The van der Waals surface area contributed by atoms with Gasteiger partial charge >= 0.3 is 0 Å². The summed E-state index contributed by atoms with van der Waals surface area (Å²) >= 11 is 1.58. The third-order valence-electron chi connectivity index (χ3n) is 2.08. The summed E-state index contributed by atoms with van der Waals surface area (Å²) in [5, 5.41) is 3.00. The fourth-order valence-electron chi connectivity index (χ4n) is 1.36. The van der Waals surface area contributed by atoms with Crippen LogP contribution in [-0.2, 0) is 9.53 Å². The van der Waals surface area contributed by atoms with Gasteiger partial charge < -0.3 is 15.8 Å². The van der Waals surface area contributed by atoms with Crippen molar-refractivity contribution >= 4 is 17.7 Å². The molecular formula is C9H18N2O2S. The third kappa shape index (κ3) is 4.83. The lowest BCUT2D eigenvalue weighted by atomic mass is 10.1. The van der Waals surface area contributed by atoms with Gasteiger partial charge in [0.15, 0.2) is 0 Å². The first-order valence-electron chi connectivity index (χ1n) is 4.98. The Morgan fingerprint density at radius 1 is 1.50 bits per heavy atom. The Morgan fingerprint density at radius 2 is 2.21 bits per heavy atom. The molecular weight excluding hydrogens is 200 g/mol. The zero-order valence-electron chi connectivity index (χ0n) is 8.33. The minimum Gasteiger partial charge on any atom is -0.381 e. The molecule has 1 aliphatic rings. The highest BCUT2D eigenvalue weighted by Gasteiger charge is 2.15. The summed E-state index contributed by atoms with van der Waals surface area (Å²) in [5.74, 6) is 1.49. The van der Waals surface area contributed by atoms with Crippen molar-refractivity contribution in [3.63, 3.8) is 0 Å². The number of nitrogens with two attached hydrogens (primary N) is 1. The maximum Gasteiger partial charge on any atom is 0.230 e. The molecule has 1 rings (SSSR count). The molecule has 0 aliphatic carbocycles. The smallest absolute Gasteiger partial charge is 0.230 e. The van der Waals surface area contributed by atoms with Crippen LogP contribution in [-0.4, -0.2) is 43.2 Å². The molecule has 0 atom stereocenters. The van der Waals surface area contributed by atoms with Gasteiger partial charge in [-0.05, 0) is 12.8 Å². The average molecular weight is 218 g/mol. The van der Waals surface area contributed by atoms with Crippen molar-refractivity contribution in [2.24, 2.45) is 5.73 Å². The van der Waals surface area contributed by atoms with Gasteiger partial charge in [-0.3, -0.25) is 4.79 Å². The van der Waals surface area contributed by atoms with Crippen LogP contribution < -0.4 is 11.1 Å². The molecule has 4 nitrogen and oxygen atoms in total. The van der Waals surface area contributed by atoms with E-state index >= 15 is 0 Å². The molecule has 14 heavy (non-hydrogen) atoms. The van der Waals surface area contributed by atoms with E-state index in [4.69, 9.17) is 10.5 Å². The van der Waals surface area contributed by atoms with E-state index in [0.717, 1.165) is 31.8 Å². The second kappa shape index (κ2) is 7.09. The maximum atomic E-state index is 11.4. The highest BCUT2D eigenvalue weighted by atomic mass is 32.2. The number of hydrogen-bond donors (Lipinski definition) is 2. The molecule has 0 saturated carbocycles. The van der Waals surface area contributed by atoms with Gasteiger partial charge in [-0.1, -0.05) is 0 Å². The topological polar surface area (TPSA) is 64.4 Å². The van der Waals surface area contributed by atoms with Gasteiger partial charge in [-0.15, -0.1) is 0 Å². The molecule has 82 valence electrons. The summed E-state index contributed by atoms with van der Waals surface area (Å²) in [7, 11) is 0.